The van der Waals surface area contributed by atoms with Crippen LogP contribution in [0.1, 0.15) is 26.7 Å². The van der Waals surface area contributed by atoms with Crippen LogP contribution in [0.4, 0.5) is 0 Å². The molecule has 1 aliphatic rings. The zero-order valence-electron chi connectivity index (χ0n) is 4.94. The number of unbranched alkanes of at least 4 members (excludes halogenated alkanes) is 1. The molecule has 1 heterocycles. The summed E-state index contributed by atoms with van der Waals surface area (Å²) in [6, 6.07) is 0. The molecule has 0 saturated carbocycles. The minimum Gasteiger partial charge on any atom is -0.265 e. The molecule has 0 fully saturated rings. The maximum atomic E-state index is 3.38. The lowest BCUT2D eigenvalue weighted by Crippen LogP contribution is -1.61. The van der Waals surface area contributed by atoms with Crippen LogP contribution >= 0.6 is 0 Å². The maximum Gasteiger partial charge on any atom is 0.129 e. The van der Waals surface area contributed by atoms with Crippen LogP contribution in [0.2, 0.25) is 0 Å². The summed E-state index contributed by atoms with van der Waals surface area (Å²) in [7, 11) is 0. The van der Waals surface area contributed by atoms with E-state index in [1.165, 1.54) is 12.8 Å². The second-order valence-electron chi connectivity index (χ2n) is 1.39. The Bertz CT molecular complexity index is 44.0. The second kappa shape index (κ2) is 5.47. The molecule has 2 nitrogen and oxygen atoms in total. The number of nitrogens with one attached hydrogen (secondary N) is 1. The highest BCUT2D eigenvalue weighted by molar-refractivity contribution is 5.64. The first-order valence-electron chi connectivity index (χ1n) is 2.68. The molecular formula is C5H12N2. The van der Waals surface area contributed by atoms with E-state index in [0.717, 1.165) is 0 Å². The molecule has 0 aromatic carbocycles. The fourth-order valence-corrected chi connectivity index (χ4v) is 0. The molecule has 0 unspecified atom stereocenters. The van der Waals surface area contributed by atoms with Crippen molar-refractivity contribution < 1.29 is 0 Å². The molecule has 0 aromatic rings. The third-order valence-corrected chi connectivity index (χ3v) is 0.629. The predicted octanol–water partition coefficient (Wildman–Crippen LogP) is 1.34. The van der Waals surface area contributed by atoms with Gasteiger partial charge in [-0.1, -0.05) is 26.7 Å². The van der Waals surface area contributed by atoms with E-state index in [0.29, 0.717) is 0 Å². The van der Waals surface area contributed by atoms with E-state index in [2.05, 4.69) is 24.4 Å². The van der Waals surface area contributed by atoms with Gasteiger partial charge in [0.1, 0.15) is 6.34 Å². The molecule has 0 aliphatic carbocycles. The molecule has 7 heavy (non-hydrogen) atoms. The molecule has 0 radical (unpaired) electrons. The Balaban J connectivity index is 0.000000105. The van der Waals surface area contributed by atoms with Crippen molar-refractivity contribution in [1.29, 1.82) is 0 Å². The van der Waals surface area contributed by atoms with Crippen molar-refractivity contribution >= 4 is 6.34 Å². The highest BCUT2D eigenvalue weighted by atomic mass is 15.4. The normalized spacial score (nSPS) is 11.1. The van der Waals surface area contributed by atoms with Crippen molar-refractivity contribution in [3.63, 3.8) is 0 Å². The smallest absolute Gasteiger partial charge is 0.129 e. The molecule has 0 spiro atoms. The number of nitrogens with zero attached hydrogens (tertiary/aromatic N) is 1. The van der Waals surface area contributed by atoms with E-state index in [4.69, 9.17) is 0 Å². The van der Waals surface area contributed by atoms with Gasteiger partial charge < -0.3 is 0 Å². The molecule has 1 rings (SSSR count). The number of rotatable bonds is 1. The first kappa shape index (κ1) is 6.47. The van der Waals surface area contributed by atoms with Crippen molar-refractivity contribution in [1.82, 2.24) is 5.43 Å². The van der Waals surface area contributed by atoms with Crippen molar-refractivity contribution in [2.24, 2.45) is 5.10 Å². The van der Waals surface area contributed by atoms with Crippen molar-refractivity contribution in [3.8, 4) is 0 Å². The SMILES string of the molecule is C1=NN1.CCCC. The standard InChI is InChI=1S/C4H10.CH2N2/c1-3-4-2;1-2-3-1/h3-4H2,1-2H3;1H,(H,2,3). The number of hydrogen-bond acceptors (Lipinski definition) is 2. The monoisotopic (exact) mass is 100 g/mol. The van der Waals surface area contributed by atoms with E-state index in [-0.39, 0.29) is 0 Å². The zero-order valence-corrected chi connectivity index (χ0v) is 4.94. The molecule has 0 amide bonds. The van der Waals surface area contributed by atoms with Crippen molar-refractivity contribution in [2.75, 3.05) is 0 Å². The molecule has 0 aromatic heterocycles. The third kappa shape index (κ3) is 30.5. The van der Waals surface area contributed by atoms with Crippen LogP contribution in [-0.2, 0) is 0 Å². The summed E-state index contributed by atoms with van der Waals surface area (Å²) in [6.07, 6.45) is 4.26. The van der Waals surface area contributed by atoms with Crippen molar-refractivity contribution in [3.05, 3.63) is 0 Å². The fraction of sp³-hybridized carbons (Fsp3) is 0.800. The Labute approximate surface area is 44.6 Å². The summed E-state index contributed by atoms with van der Waals surface area (Å²) in [4.78, 5) is 0. The van der Waals surface area contributed by atoms with Gasteiger partial charge in [0.05, 0.1) is 0 Å². The van der Waals surface area contributed by atoms with Gasteiger partial charge in [-0.2, -0.15) is 5.10 Å². The molecule has 1 N–H and O–H groups in total. The van der Waals surface area contributed by atoms with Crippen molar-refractivity contribution in [2.45, 2.75) is 26.7 Å². The van der Waals surface area contributed by atoms with Gasteiger partial charge in [-0.3, -0.25) is 5.43 Å². The molecular weight excluding hydrogens is 88.1 g/mol. The Kier molecular flexibility index (Phi) is 5.06. The van der Waals surface area contributed by atoms with Gasteiger partial charge in [-0.25, -0.2) is 0 Å². The first-order valence-corrected chi connectivity index (χ1v) is 2.68. The van der Waals surface area contributed by atoms with Crippen LogP contribution in [0.5, 0.6) is 0 Å². The summed E-state index contributed by atoms with van der Waals surface area (Å²) >= 11 is 0. The topological polar surface area (TPSA) is 34.3 Å². The highest BCUT2D eigenvalue weighted by Gasteiger charge is 1.71. The first-order chi connectivity index (χ1) is 3.41. The quantitative estimate of drug-likeness (QED) is 0.530. The summed E-state index contributed by atoms with van der Waals surface area (Å²) in [6.45, 7) is 4.36. The minimum absolute atomic E-state index is 1.32. The zero-order chi connectivity index (χ0) is 5.54. The average Bonchev–Trinajstić information content (AvgIpc) is 2.47. The maximum absolute atomic E-state index is 3.38. The summed E-state index contributed by atoms with van der Waals surface area (Å²) < 4.78 is 0. The average molecular weight is 100 g/mol. The van der Waals surface area contributed by atoms with E-state index >= 15 is 0 Å². The second-order valence-corrected chi connectivity index (χ2v) is 1.39. The number of hydrogen-bond donors (Lipinski definition) is 1. The summed E-state index contributed by atoms with van der Waals surface area (Å²) in [5.74, 6) is 0. The molecule has 0 atom stereocenters. The summed E-state index contributed by atoms with van der Waals surface area (Å²) in [5, 5.41) is 3.38. The van der Waals surface area contributed by atoms with Gasteiger partial charge in [-0.15, -0.1) is 0 Å². The van der Waals surface area contributed by atoms with E-state index < -0.39 is 0 Å². The van der Waals surface area contributed by atoms with Crippen LogP contribution in [0.15, 0.2) is 5.10 Å². The van der Waals surface area contributed by atoms with E-state index in [1.807, 2.05) is 0 Å². The molecule has 2 heteroatoms. The Hall–Kier alpha value is -0.530. The fourth-order valence-electron chi connectivity index (χ4n) is 0. The number of hydrazone groups is 1. The Morgan fingerprint density at radius 2 is 1.71 bits per heavy atom. The largest absolute Gasteiger partial charge is 0.265 e. The lowest BCUT2D eigenvalue weighted by molar-refractivity contribution is 0.886. The molecule has 42 valence electrons. The minimum atomic E-state index is 1.32. The lowest BCUT2D eigenvalue weighted by Gasteiger charge is -1.68. The Morgan fingerprint density at radius 1 is 1.43 bits per heavy atom. The van der Waals surface area contributed by atoms with Crippen LogP contribution < -0.4 is 5.43 Å². The van der Waals surface area contributed by atoms with Gasteiger partial charge in [0, 0.05) is 0 Å². The lowest BCUT2D eigenvalue weighted by atomic mass is 10.4. The van der Waals surface area contributed by atoms with Crippen LogP contribution in [0.25, 0.3) is 0 Å². The third-order valence-electron chi connectivity index (χ3n) is 0.629. The van der Waals surface area contributed by atoms with Crippen LogP contribution in [-0.4, -0.2) is 6.34 Å². The highest BCUT2D eigenvalue weighted by Crippen LogP contribution is 1.76. The Morgan fingerprint density at radius 3 is 1.71 bits per heavy atom. The van der Waals surface area contributed by atoms with Gasteiger partial charge in [0.15, 0.2) is 0 Å². The molecule has 1 aliphatic heterocycles. The van der Waals surface area contributed by atoms with E-state index in [9.17, 15) is 0 Å². The van der Waals surface area contributed by atoms with Crippen LogP contribution in [0.3, 0.4) is 0 Å². The van der Waals surface area contributed by atoms with Gasteiger partial charge in [0.25, 0.3) is 0 Å². The predicted molar refractivity (Wildman–Crippen MR) is 32.2 cm³/mol. The molecule has 0 saturated heterocycles. The molecule has 0 bridgehead atoms. The van der Waals surface area contributed by atoms with E-state index in [1.54, 1.807) is 6.34 Å². The van der Waals surface area contributed by atoms with Gasteiger partial charge in [0.2, 0.25) is 0 Å². The van der Waals surface area contributed by atoms with Gasteiger partial charge in [-0.05, 0) is 0 Å². The van der Waals surface area contributed by atoms with Crippen LogP contribution in [0, 0.1) is 0 Å². The van der Waals surface area contributed by atoms with Gasteiger partial charge >= 0.3 is 0 Å². The summed E-state index contributed by atoms with van der Waals surface area (Å²) in [5.41, 5.74) is 2.50.